The van der Waals surface area contributed by atoms with Crippen molar-refractivity contribution in [1.82, 2.24) is 10.2 Å². The molecule has 1 amide bonds. The molecule has 5 nitrogen and oxygen atoms in total. The number of hydrogen-bond donors (Lipinski definition) is 2. The van der Waals surface area contributed by atoms with E-state index in [0.717, 1.165) is 32.4 Å². The van der Waals surface area contributed by atoms with Crippen molar-refractivity contribution in [2.45, 2.75) is 39.0 Å². The number of carboxylic acids is 1. The van der Waals surface area contributed by atoms with Crippen molar-refractivity contribution in [3.8, 4) is 0 Å². The third kappa shape index (κ3) is 2.91. The van der Waals surface area contributed by atoms with E-state index in [-0.39, 0.29) is 17.2 Å². The largest absolute Gasteiger partial charge is 0.481 e. The van der Waals surface area contributed by atoms with Gasteiger partial charge < -0.3 is 15.3 Å². The molecule has 2 fully saturated rings. The zero-order chi connectivity index (χ0) is 13.9. The van der Waals surface area contributed by atoms with Crippen molar-refractivity contribution in [1.29, 1.82) is 0 Å². The summed E-state index contributed by atoms with van der Waals surface area (Å²) in [7, 11) is 0. The van der Waals surface area contributed by atoms with Crippen molar-refractivity contribution >= 4 is 11.9 Å². The summed E-state index contributed by atoms with van der Waals surface area (Å²) in [6.07, 6.45) is 4.04. The van der Waals surface area contributed by atoms with Crippen LogP contribution in [-0.2, 0) is 9.59 Å². The average Bonchev–Trinajstić information content (AvgIpc) is 2.88. The van der Waals surface area contributed by atoms with Crippen molar-refractivity contribution in [2.75, 3.05) is 26.2 Å². The summed E-state index contributed by atoms with van der Waals surface area (Å²) >= 11 is 0. The van der Waals surface area contributed by atoms with E-state index < -0.39 is 5.97 Å². The Labute approximate surface area is 114 Å². The highest BCUT2D eigenvalue weighted by molar-refractivity contribution is 5.83. The maximum atomic E-state index is 12.7. The molecule has 0 saturated carbocycles. The number of nitrogens with one attached hydrogen (secondary N) is 1. The minimum absolute atomic E-state index is 0.231. The van der Waals surface area contributed by atoms with Gasteiger partial charge in [0.25, 0.3) is 0 Å². The van der Waals surface area contributed by atoms with Gasteiger partial charge in [-0.2, -0.15) is 0 Å². The predicted molar refractivity (Wildman–Crippen MR) is 71.8 cm³/mol. The first kappa shape index (κ1) is 14.3. The molecule has 0 spiro atoms. The minimum Gasteiger partial charge on any atom is -0.481 e. The fourth-order valence-corrected chi connectivity index (χ4v) is 3.39. The van der Waals surface area contributed by atoms with Crippen LogP contribution in [0.3, 0.4) is 0 Å². The van der Waals surface area contributed by atoms with Crippen LogP contribution >= 0.6 is 0 Å². The number of rotatable bonds is 4. The zero-order valence-corrected chi connectivity index (χ0v) is 11.7. The smallest absolute Gasteiger partial charge is 0.306 e. The van der Waals surface area contributed by atoms with Gasteiger partial charge in [0.1, 0.15) is 0 Å². The van der Waals surface area contributed by atoms with E-state index in [0.29, 0.717) is 25.9 Å². The second kappa shape index (κ2) is 5.90. The Morgan fingerprint density at radius 2 is 2.05 bits per heavy atom. The number of amides is 1. The van der Waals surface area contributed by atoms with Crippen molar-refractivity contribution in [2.24, 2.45) is 11.3 Å². The summed E-state index contributed by atoms with van der Waals surface area (Å²) in [5.74, 6) is -0.756. The Morgan fingerprint density at radius 1 is 1.37 bits per heavy atom. The monoisotopic (exact) mass is 268 g/mol. The Kier molecular flexibility index (Phi) is 4.45. The van der Waals surface area contributed by atoms with Crippen LogP contribution < -0.4 is 5.32 Å². The van der Waals surface area contributed by atoms with Crippen LogP contribution in [0.4, 0.5) is 0 Å². The molecule has 1 unspecified atom stereocenters. The van der Waals surface area contributed by atoms with E-state index >= 15 is 0 Å². The van der Waals surface area contributed by atoms with E-state index in [1.807, 2.05) is 4.90 Å². The molecule has 2 rings (SSSR count). The zero-order valence-electron chi connectivity index (χ0n) is 11.7. The Balaban J connectivity index is 1.98. The Hall–Kier alpha value is -1.10. The quantitative estimate of drug-likeness (QED) is 0.801. The number of hydrogen-bond acceptors (Lipinski definition) is 3. The van der Waals surface area contributed by atoms with E-state index in [1.54, 1.807) is 0 Å². The van der Waals surface area contributed by atoms with Crippen LogP contribution in [-0.4, -0.2) is 48.1 Å². The molecule has 0 radical (unpaired) electrons. The minimum atomic E-state index is -0.724. The van der Waals surface area contributed by atoms with Gasteiger partial charge in [-0.05, 0) is 32.2 Å². The van der Waals surface area contributed by atoms with Gasteiger partial charge >= 0.3 is 5.97 Å². The van der Waals surface area contributed by atoms with E-state index in [1.165, 1.54) is 0 Å². The molecular weight excluding hydrogens is 244 g/mol. The lowest BCUT2D eigenvalue weighted by Crippen LogP contribution is -2.49. The summed E-state index contributed by atoms with van der Waals surface area (Å²) in [4.78, 5) is 25.6. The highest BCUT2D eigenvalue weighted by atomic mass is 16.4. The summed E-state index contributed by atoms with van der Waals surface area (Å²) in [5.41, 5.74) is -0.231. The Bertz CT molecular complexity index is 343. The SMILES string of the molecule is CCCC1(C(=O)N2CCC(C(=O)O)CC2)CCNC1. The molecular formula is C14H24N2O3. The fraction of sp³-hybridized carbons (Fsp3) is 0.857. The third-order valence-electron chi connectivity index (χ3n) is 4.56. The highest BCUT2D eigenvalue weighted by Gasteiger charge is 2.43. The van der Waals surface area contributed by atoms with Gasteiger partial charge in [-0.25, -0.2) is 0 Å². The van der Waals surface area contributed by atoms with E-state index in [4.69, 9.17) is 5.11 Å². The van der Waals surface area contributed by atoms with Crippen molar-refractivity contribution < 1.29 is 14.7 Å². The number of carboxylic acid groups (broad SMARTS) is 1. The maximum absolute atomic E-state index is 12.7. The van der Waals surface area contributed by atoms with Gasteiger partial charge in [-0.3, -0.25) is 9.59 Å². The van der Waals surface area contributed by atoms with E-state index in [9.17, 15) is 9.59 Å². The number of carbonyl (C=O) groups is 2. The summed E-state index contributed by atoms with van der Waals surface area (Å²) in [6.45, 7) is 5.00. The van der Waals surface area contributed by atoms with Gasteiger partial charge in [0.15, 0.2) is 0 Å². The molecule has 0 aromatic heterocycles. The molecule has 2 heterocycles. The first-order chi connectivity index (χ1) is 9.09. The number of nitrogens with zero attached hydrogens (tertiary/aromatic N) is 1. The standard InChI is InChI=1S/C14H24N2O3/c1-2-5-14(6-7-15-10-14)13(19)16-8-3-11(4-9-16)12(17)18/h11,15H,2-10H2,1H3,(H,17,18). The topological polar surface area (TPSA) is 69.6 Å². The Morgan fingerprint density at radius 3 is 2.53 bits per heavy atom. The normalized spacial score (nSPS) is 28.6. The van der Waals surface area contributed by atoms with Crippen LogP contribution in [0, 0.1) is 11.3 Å². The van der Waals surface area contributed by atoms with Gasteiger partial charge in [0.05, 0.1) is 11.3 Å². The summed E-state index contributed by atoms with van der Waals surface area (Å²) in [6, 6.07) is 0. The molecule has 0 aromatic rings. The van der Waals surface area contributed by atoms with Crippen molar-refractivity contribution in [3.63, 3.8) is 0 Å². The molecule has 0 aliphatic carbocycles. The van der Waals surface area contributed by atoms with E-state index in [2.05, 4.69) is 12.2 Å². The predicted octanol–water partition coefficient (Wildman–Crippen LogP) is 1.09. The molecule has 2 aliphatic rings. The van der Waals surface area contributed by atoms with Gasteiger partial charge in [0, 0.05) is 19.6 Å². The molecule has 0 aromatic carbocycles. The second-order valence-electron chi connectivity index (χ2n) is 5.86. The summed E-state index contributed by atoms with van der Waals surface area (Å²) in [5, 5.41) is 12.3. The lowest BCUT2D eigenvalue weighted by molar-refractivity contribution is -0.149. The van der Waals surface area contributed by atoms with Crippen LogP contribution in [0.1, 0.15) is 39.0 Å². The average molecular weight is 268 g/mol. The van der Waals surface area contributed by atoms with Gasteiger partial charge in [0.2, 0.25) is 5.91 Å². The molecule has 19 heavy (non-hydrogen) atoms. The third-order valence-corrected chi connectivity index (χ3v) is 4.56. The van der Waals surface area contributed by atoms with Crippen LogP contribution in [0.25, 0.3) is 0 Å². The molecule has 2 aliphatic heterocycles. The lowest BCUT2D eigenvalue weighted by Gasteiger charge is -2.37. The van der Waals surface area contributed by atoms with Gasteiger partial charge in [-0.15, -0.1) is 0 Å². The molecule has 2 saturated heterocycles. The van der Waals surface area contributed by atoms with Gasteiger partial charge in [-0.1, -0.05) is 13.3 Å². The molecule has 2 N–H and O–H groups in total. The van der Waals surface area contributed by atoms with Crippen molar-refractivity contribution in [3.05, 3.63) is 0 Å². The van der Waals surface area contributed by atoms with Crippen LogP contribution in [0.5, 0.6) is 0 Å². The summed E-state index contributed by atoms with van der Waals surface area (Å²) < 4.78 is 0. The second-order valence-corrected chi connectivity index (χ2v) is 5.86. The lowest BCUT2D eigenvalue weighted by atomic mass is 9.80. The highest BCUT2D eigenvalue weighted by Crippen LogP contribution is 2.34. The first-order valence-corrected chi connectivity index (χ1v) is 7.32. The first-order valence-electron chi connectivity index (χ1n) is 7.32. The van der Waals surface area contributed by atoms with Crippen LogP contribution in [0.15, 0.2) is 0 Å². The number of carbonyl (C=O) groups excluding carboxylic acids is 1. The van der Waals surface area contributed by atoms with Crippen LogP contribution in [0.2, 0.25) is 0 Å². The maximum Gasteiger partial charge on any atom is 0.306 e. The molecule has 5 heteroatoms. The number of likely N-dealkylation sites (tertiary alicyclic amines) is 1. The molecule has 108 valence electrons. The molecule has 1 atom stereocenters. The molecule has 0 bridgehead atoms. The number of piperidine rings is 1. The number of aliphatic carboxylic acids is 1. The fourth-order valence-electron chi connectivity index (χ4n) is 3.39.